The maximum Gasteiger partial charge on any atom is 0.224 e. The van der Waals surface area contributed by atoms with Gasteiger partial charge < -0.3 is 15.5 Å². The SMILES string of the molecule is CCNC(=NCCC(=O)N1CCc2sccc2C1)NCCc1csc(C)n1.I. The Balaban J connectivity index is 0.00000280. The van der Waals surface area contributed by atoms with E-state index in [0.29, 0.717) is 13.0 Å². The van der Waals surface area contributed by atoms with Gasteiger partial charge in [-0.25, -0.2) is 4.98 Å². The maximum atomic E-state index is 12.5. The Kier molecular flexibility index (Phi) is 9.66. The van der Waals surface area contributed by atoms with Gasteiger partial charge in [0.05, 0.1) is 17.2 Å². The van der Waals surface area contributed by atoms with Crippen LogP contribution in [0, 0.1) is 6.92 Å². The van der Waals surface area contributed by atoms with E-state index in [-0.39, 0.29) is 29.9 Å². The summed E-state index contributed by atoms with van der Waals surface area (Å²) in [5.74, 6) is 0.945. The monoisotopic (exact) mass is 533 g/mol. The molecule has 0 bridgehead atoms. The molecule has 1 aliphatic rings. The number of fused-ring (bicyclic) bond motifs is 1. The van der Waals surface area contributed by atoms with E-state index in [1.165, 1.54) is 10.4 Å². The van der Waals surface area contributed by atoms with E-state index < -0.39 is 0 Å². The fourth-order valence-electron chi connectivity index (χ4n) is 3.06. The first kappa shape index (κ1) is 23.1. The standard InChI is InChI=1S/C19H27N5OS2.HI/c1-3-20-19(21-8-4-16-13-27-14(2)23-16)22-9-5-18(25)24-10-6-17-15(12-24)7-11-26-17;/h7,11,13H,3-6,8-10,12H2,1-2H3,(H2,20,21,22);1H. The van der Waals surface area contributed by atoms with Crippen LogP contribution in [0.25, 0.3) is 0 Å². The van der Waals surface area contributed by atoms with Gasteiger partial charge in [0.15, 0.2) is 5.96 Å². The van der Waals surface area contributed by atoms with Gasteiger partial charge in [-0.1, -0.05) is 0 Å². The van der Waals surface area contributed by atoms with Crippen molar-refractivity contribution in [3.05, 3.63) is 38.0 Å². The highest BCUT2D eigenvalue weighted by Gasteiger charge is 2.20. The second-order valence-electron chi connectivity index (χ2n) is 6.48. The zero-order chi connectivity index (χ0) is 19.1. The fraction of sp³-hybridized carbons (Fsp3) is 0.526. The van der Waals surface area contributed by atoms with Crippen molar-refractivity contribution < 1.29 is 4.79 Å². The molecule has 3 rings (SSSR count). The van der Waals surface area contributed by atoms with Crippen LogP contribution in [0.15, 0.2) is 21.8 Å². The Hall–Kier alpha value is -1.20. The molecule has 0 aromatic carbocycles. The smallest absolute Gasteiger partial charge is 0.224 e. The summed E-state index contributed by atoms with van der Waals surface area (Å²) in [6.07, 6.45) is 2.29. The van der Waals surface area contributed by atoms with Crippen molar-refractivity contribution in [1.82, 2.24) is 20.5 Å². The Morgan fingerprint density at radius 3 is 2.96 bits per heavy atom. The molecule has 0 saturated heterocycles. The van der Waals surface area contributed by atoms with Crippen LogP contribution in [0.1, 0.15) is 34.5 Å². The van der Waals surface area contributed by atoms with Gasteiger partial charge in [-0.3, -0.25) is 9.79 Å². The number of thiophene rings is 1. The number of hydrogen-bond donors (Lipinski definition) is 2. The summed E-state index contributed by atoms with van der Waals surface area (Å²) in [4.78, 5) is 24.9. The number of carbonyl (C=O) groups excluding carboxylic acids is 1. The molecule has 0 saturated carbocycles. The molecule has 1 aliphatic heterocycles. The van der Waals surface area contributed by atoms with Crippen molar-refractivity contribution in [3.8, 4) is 0 Å². The van der Waals surface area contributed by atoms with Gasteiger partial charge >= 0.3 is 0 Å². The number of aryl methyl sites for hydroxylation is 1. The minimum Gasteiger partial charge on any atom is -0.357 e. The van der Waals surface area contributed by atoms with Crippen molar-refractivity contribution in [3.63, 3.8) is 0 Å². The van der Waals surface area contributed by atoms with Crippen LogP contribution in [0.5, 0.6) is 0 Å². The van der Waals surface area contributed by atoms with E-state index >= 15 is 0 Å². The van der Waals surface area contributed by atoms with Gasteiger partial charge in [0.25, 0.3) is 0 Å². The lowest BCUT2D eigenvalue weighted by molar-refractivity contribution is -0.131. The quantitative estimate of drug-likeness (QED) is 0.326. The highest BCUT2D eigenvalue weighted by molar-refractivity contribution is 14.0. The van der Waals surface area contributed by atoms with Gasteiger partial charge in [0, 0.05) is 49.3 Å². The van der Waals surface area contributed by atoms with Crippen LogP contribution < -0.4 is 10.6 Å². The molecule has 0 unspecified atom stereocenters. The normalized spacial score (nSPS) is 13.6. The van der Waals surface area contributed by atoms with Crippen LogP contribution in [0.3, 0.4) is 0 Å². The fourth-order valence-corrected chi connectivity index (χ4v) is 4.59. The number of guanidine groups is 1. The van der Waals surface area contributed by atoms with Gasteiger partial charge in [-0.15, -0.1) is 46.7 Å². The first-order chi connectivity index (χ1) is 13.2. The van der Waals surface area contributed by atoms with Gasteiger partial charge in [0.1, 0.15) is 0 Å². The lowest BCUT2D eigenvalue weighted by atomic mass is 10.1. The zero-order valence-corrected chi connectivity index (χ0v) is 20.3. The predicted molar refractivity (Wildman–Crippen MR) is 128 cm³/mol. The van der Waals surface area contributed by atoms with E-state index in [9.17, 15) is 4.79 Å². The molecule has 6 nitrogen and oxygen atoms in total. The molecule has 1 amide bonds. The van der Waals surface area contributed by atoms with Crippen LogP contribution in [-0.2, 0) is 24.2 Å². The molecule has 3 heterocycles. The lowest BCUT2D eigenvalue weighted by Gasteiger charge is -2.26. The number of carbonyl (C=O) groups is 1. The third-order valence-corrected chi connectivity index (χ3v) is 6.29. The molecule has 0 fully saturated rings. The van der Waals surface area contributed by atoms with Crippen molar-refractivity contribution in [1.29, 1.82) is 0 Å². The zero-order valence-electron chi connectivity index (χ0n) is 16.4. The minimum absolute atomic E-state index is 0. The topological polar surface area (TPSA) is 69.6 Å². The highest BCUT2D eigenvalue weighted by atomic mass is 127. The van der Waals surface area contributed by atoms with Crippen LogP contribution >= 0.6 is 46.7 Å². The third kappa shape index (κ3) is 6.70. The lowest BCUT2D eigenvalue weighted by Crippen LogP contribution is -2.39. The molecule has 0 spiro atoms. The van der Waals surface area contributed by atoms with Gasteiger partial charge in [-0.2, -0.15) is 0 Å². The number of rotatable bonds is 7. The first-order valence-corrected chi connectivity index (χ1v) is 11.2. The van der Waals surface area contributed by atoms with Crippen molar-refractivity contribution >= 4 is 58.5 Å². The summed E-state index contributed by atoms with van der Waals surface area (Å²) in [7, 11) is 0. The number of amides is 1. The number of aliphatic imine (C=N–C) groups is 1. The number of nitrogens with one attached hydrogen (secondary N) is 2. The molecule has 9 heteroatoms. The largest absolute Gasteiger partial charge is 0.357 e. The second-order valence-corrected chi connectivity index (χ2v) is 8.54. The first-order valence-electron chi connectivity index (χ1n) is 9.42. The summed E-state index contributed by atoms with van der Waals surface area (Å²) in [5.41, 5.74) is 2.41. The molecular weight excluding hydrogens is 505 g/mol. The predicted octanol–water partition coefficient (Wildman–Crippen LogP) is 3.20. The molecule has 0 aliphatic carbocycles. The Bertz CT molecular complexity index is 789. The van der Waals surface area contributed by atoms with Crippen LogP contribution in [0.2, 0.25) is 0 Å². The maximum absolute atomic E-state index is 12.5. The Morgan fingerprint density at radius 2 is 2.21 bits per heavy atom. The molecule has 28 heavy (non-hydrogen) atoms. The summed E-state index contributed by atoms with van der Waals surface area (Å²) in [6, 6.07) is 2.13. The van der Waals surface area contributed by atoms with E-state index in [1.54, 1.807) is 22.7 Å². The van der Waals surface area contributed by atoms with E-state index in [0.717, 1.165) is 55.7 Å². The summed E-state index contributed by atoms with van der Waals surface area (Å²) in [6.45, 7) is 7.69. The highest BCUT2D eigenvalue weighted by Crippen LogP contribution is 2.24. The summed E-state index contributed by atoms with van der Waals surface area (Å²) >= 11 is 3.47. The number of thiazole rings is 1. The molecular formula is C19H28IN5OS2. The minimum atomic E-state index is 0. The molecule has 2 N–H and O–H groups in total. The Labute approximate surface area is 191 Å². The average Bonchev–Trinajstić information content (AvgIpc) is 3.29. The average molecular weight is 534 g/mol. The van der Waals surface area contributed by atoms with Gasteiger partial charge in [-0.05, 0) is 37.3 Å². The van der Waals surface area contributed by atoms with E-state index in [4.69, 9.17) is 0 Å². The van der Waals surface area contributed by atoms with E-state index in [1.807, 2.05) is 18.7 Å². The van der Waals surface area contributed by atoms with Crippen LogP contribution in [0.4, 0.5) is 0 Å². The number of nitrogens with zero attached hydrogens (tertiary/aromatic N) is 3. The third-order valence-electron chi connectivity index (χ3n) is 4.44. The van der Waals surface area contributed by atoms with E-state index in [2.05, 4.69) is 37.4 Å². The summed E-state index contributed by atoms with van der Waals surface area (Å²) < 4.78 is 0. The second kappa shape index (κ2) is 11.7. The Morgan fingerprint density at radius 1 is 1.36 bits per heavy atom. The molecule has 2 aromatic rings. The molecule has 0 atom stereocenters. The molecule has 2 aromatic heterocycles. The van der Waals surface area contributed by atoms with Crippen LogP contribution in [-0.4, -0.2) is 47.9 Å². The van der Waals surface area contributed by atoms with Gasteiger partial charge in [0.2, 0.25) is 5.91 Å². The number of aromatic nitrogens is 1. The van der Waals surface area contributed by atoms with Crippen molar-refractivity contribution in [2.45, 2.75) is 39.7 Å². The van der Waals surface area contributed by atoms with Crippen molar-refractivity contribution in [2.24, 2.45) is 4.99 Å². The van der Waals surface area contributed by atoms with Crippen molar-refractivity contribution in [2.75, 3.05) is 26.2 Å². The molecule has 0 radical (unpaired) electrons. The number of hydrogen-bond acceptors (Lipinski definition) is 5. The summed E-state index contributed by atoms with van der Waals surface area (Å²) in [5, 5.41) is 11.9. The number of halogens is 1. The molecule has 154 valence electrons.